The molecule has 2 rings (SSSR count). The van der Waals surface area contributed by atoms with Crippen molar-refractivity contribution in [2.75, 3.05) is 17.7 Å². The Balaban J connectivity index is 1.83. The zero-order chi connectivity index (χ0) is 18.8. The predicted octanol–water partition coefficient (Wildman–Crippen LogP) is 3.97. The molecule has 0 saturated carbocycles. The average Bonchev–Trinajstić information content (AvgIpc) is 2.64. The number of aryl methyl sites for hydroxylation is 1. The molecule has 0 aliphatic carbocycles. The van der Waals surface area contributed by atoms with E-state index in [9.17, 15) is 9.59 Å². The maximum Gasteiger partial charge on any atom is 0.304 e. The molecule has 2 aromatic carbocycles. The van der Waals surface area contributed by atoms with E-state index in [2.05, 4.69) is 5.32 Å². The van der Waals surface area contributed by atoms with E-state index in [0.717, 1.165) is 23.3 Å². The largest absolute Gasteiger partial charge is 0.483 e. The molecule has 2 aromatic rings. The molecule has 1 amide bonds. The molecule has 0 saturated heterocycles. The van der Waals surface area contributed by atoms with E-state index < -0.39 is 5.97 Å². The van der Waals surface area contributed by atoms with Crippen LogP contribution in [0.2, 0.25) is 0 Å². The third-order valence-corrected chi connectivity index (χ3v) is 4.68. The molecule has 6 heteroatoms. The van der Waals surface area contributed by atoms with E-state index >= 15 is 0 Å². The van der Waals surface area contributed by atoms with Gasteiger partial charge in [0.25, 0.3) is 5.91 Å². The molecule has 0 aliphatic rings. The molecule has 2 N–H and O–H groups in total. The summed E-state index contributed by atoms with van der Waals surface area (Å²) in [6.07, 6.45) is 0.997. The number of para-hydroxylation sites is 1. The van der Waals surface area contributed by atoms with Crippen molar-refractivity contribution in [3.05, 3.63) is 59.7 Å². The van der Waals surface area contributed by atoms with Gasteiger partial charge >= 0.3 is 5.97 Å². The van der Waals surface area contributed by atoms with Crippen LogP contribution in [0.4, 0.5) is 5.69 Å². The maximum atomic E-state index is 12.1. The minimum Gasteiger partial charge on any atom is -0.483 e. The molecule has 0 radical (unpaired) electrons. The van der Waals surface area contributed by atoms with Gasteiger partial charge in [-0.25, -0.2) is 0 Å². The predicted molar refractivity (Wildman–Crippen MR) is 105 cm³/mol. The van der Waals surface area contributed by atoms with Crippen molar-refractivity contribution >= 4 is 29.3 Å². The number of carbonyl (C=O) groups is 2. The van der Waals surface area contributed by atoms with Crippen LogP contribution in [0, 0.1) is 0 Å². The van der Waals surface area contributed by atoms with Crippen LogP contribution in [0.25, 0.3) is 0 Å². The topological polar surface area (TPSA) is 75.6 Å². The van der Waals surface area contributed by atoms with Crippen LogP contribution in [0.5, 0.6) is 5.75 Å². The summed E-state index contributed by atoms with van der Waals surface area (Å²) in [5.41, 5.74) is 2.81. The van der Waals surface area contributed by atoms with Crippen LogP contribution >= 0.6 is 11.8 Å². The first-order valence-corrected chi connectivity index (χ1v) is 9.63. The normalized spacial score (nSPS) is 10.3. The summed E-state index contributed by atoms with van der Waals surface area (Å²) in [6.45, 7) is 2.00. The zero-order valence-electron chi connectivity index (χ0n) is 14.7. The first-order valence-electron chi connectivity index (χ1n) is 8.47. The summed E-state index contributed by atoms with van der Waals surface area (Å²) in [7, 11) is 0. The number of carboxylic acid groups (broad SMARTS) is 1. The lowest BCUT2D eigenvalue weighted by Crippen LogP contribution is -2.20. The standard InChI is InChI=1S/C20H23NO4S/c1-2-16-7-3-4-9-18(16)25-13-19(22)21-17-8-5-6-15(12-17)14-26-11-10-20(23)24/h3-9,12H,2,10-11,13-14H2,1H3,(H,21,22)(H,23,24). The Morgan fingerprint density at radius 1 is 1.15 bits per heavy atom. The van der Waals surface area contributed by atoms with E-state index in [-0.39, 0.29) is 18.9 Å². The Morgan fingerprint density at radius 3 is 2.73 bits per heavy atom. The lowest BCUT2D eigenvalue weighted by atomic mass is 10.1. The van der Waals surface area contributed by atoms with Gasteiger partial charge in [0.05, 0.1) is 6.42 Å². The Bertz CT molecular complexity index is 748. The average molecular weight is 373 g/mol. The first kappa shape index (κ1) is 19.8. The number of amides is 1. The minimum absolute atomic E-state index is 0.0470. The summed E-state index contributed by atoms with van der Waals surface area (Å²) in [4.78, 5) is 22.6. The van der Waals surface area contributed by atoms with Crippen molar-refractivity contribution in [2.24, 2.45) is 0 Å². The van der Waals surface area contributed by atoms with Crippen LogP contribution in [-0.4, -0.2) is 29.3 Å². The number of carbonyl (C=O) groups excluding carboxylic acids is 1. The van der Waals surface area contributed by atoms with E-state index in [1.54, 1.807) is 11.8 Å². The quantitative estimate of drug-likeness (QED) is 0.616. The summed E-state index contributed by atoms with van der Waals surface area (Å²) in [5, 5.41) is 11.5. The van der Waals surface area contributed by atoms with Crippen LogP contribution in [-0.2, 0) is 21.8 Å². The lowest BCUT2D eigenvalue weighted by molar-refractivity contribution is -0.136. The number of benzene rings is 2. The molecule has 0 spiro atoms. The summed E-state index contributed by atoms with van der Waals surface area (Å²) < 4.78 is 5.62. The van der Waals surface area contributed by atoms with Crippen molar-refractivity contribution in [1.29, 1.82) is 0 Å². The second-order valence-electron chi connectivity index (χ2n) is 5.69. The summed E-state index contributed by atoms with van der Waals surface area (Å²) in [6, 6.07) is 15.2. The number of rotatable bonds is 10. The van der Waals surface area contributed by atoms with Gasteiger partial charge in [-0.15, -0.1) is 0 Å². The Hall–Kier alpha value is -2.47. The number of hydrogen-bond acceptors (Lipinski definition) is 4. The van der Waals surface area contributed by atoms with E-state index in [0.29, 0.717) is 17.2 Å². The van der Waals surface area contributed by atoms with Gasteiger partial charge in [-0.1, -0.05) is 37.3 Å². The number of nitrogens with one attached hydrogen (secondary N) is 1. The molecule has 0 bridgehead atoms. The second-order valence-corrected chi connectivity index (χ2v) is 6.80. The highest BCUT2D eigenvalue weighted by atomic mass is 32.2. The van der Waals surface area contributed by atoms with Crippen LogP contribution in [0.3, 0.4) is 0 Å². The fourth-order valence-electron chi connectivity index (χ4n) is 2.37. The molecule has 138 valence electrons. The fourth-order valence-corrected chi connectivity index (χ4v) is 3.24. The van der Waals surface area contributed by atoms with Gasteiger partial charge in [-0.3, -0.25) is 9.59 Å². The fraction of sp³-hybridized carbons (Fsp3) is 0.300. The molecule has 26 heavy (non-hydrogen) atoms. The third-order valence-electron chi connectivity index (χ3n) is 3.65. The maximum absolute atomic E-state index is 12.1. The van der Waals surface area contributed by atoms with Crippen molar-refractivity contribution in [2.45, 2.75) is 25.5 Å². The molecule has 0 aromatic heterocycles. The first-order chi connectivity index (χ1) is 12.6. The number of anilines is 1. The van der Waals surface area contributed by atoms with Crippen molar-refractivity contribution < 1.29 is 19.4 Å². The van der Waals surface area contributed by atoms with Crippen LogP contribution in [0.1, 0.15) is 24.5 Å². The Morgan fingerprint density at radius 2 is 1.96 bits per heavy atom. The molecular weight excluding hydrogens is 350 g/mol. The lowest BCUT2D eigenvalue weighted by Gasteiger charge is -2.11. The molecule has 0 atom stereocenters. The van der Waals surface area contributed by atoms with Crippen LogP contribution in [0.15, 0.2) is 48.5 Å². The molecule has 0 unspecified atom stereocenters. The van der Waals surface area contributed by atoms with Crippen molar-refractivity contribution in [1.82, 2.24) is 0 Å². The Kier molecular flexibility index (Phi) is 8.02. The van der Waals surface area contributed by atoms with Crippen molar-refractivity contribution in [3.8, 4) is 5.75 Å². The summed E-state index contributed by atoms with van der Waals surface area (Å²) >= 11 is 1.56. The van der Waals surface area contributed by atoms with Gasteiger partial charge in [0.1, 0.15) is 5.75 Å². The molecular formula is C20H23NO4S. The molecule has 0 heterocycles. The van der Waals surface area contributed by atoms with E-state index in [4.69, 9.17) is 9.84 Å². The van der Waals surface area contributed by atoms with Gasteiger partial charge < -0.3 is 15.2 Å². The molecule has 5 nitrogen and oxygen atoms in total. The number of carboxylic acids is 1. The molecule has 0 fully saturated rings. The highest BCUT2D eigenvalue weighted by molar-refractivity contribution is 7.98. The second kappa shape index (κ2) is 10.5. The third kappa shape index (κ3) is 6.80. The highest BCUT2D eigenvalue weighted by Crippen LogP contribution is 2.19. The van der Waals surface area contributed by atoms with E-state index in [1.807, 2.05) is 55.5 Å². The summed E-state index contributed by atoms with van der Waals surface area (Å²) in [5.74, 6) is 0.997. The Labute approximate surface area is 157 Å². The van der Waals surface area contributed by atoms with Crippen molar-refractivity contribution in [3.63, 3.8) is 0 Å². The van der Waals surface area contributed by atoms with Gasteiger partial charge in [0.2, 0.25) is 0 Å². The number of thioether (sulfide) groups is 1. The van der Waals surface area contributed by atoms with Gasteiger partial charge in [-0.05, 0) is 35.7 Å². The smallest absolute Gasteiger partial charge is 0.304 e. The monoisotopic (exact) mass is 373 g/mol. The highest BCUT2D eigenvalue weighted by Gasteiger charge is 2.07. The van der Waals surface area contributed by atoms with Gasteiger partial charge in [-0.2, -0.15) is 11.8 Å². The SMILES string of the molecule is CCc1ccccc1OCC(=O)Nc1cccc(CSCCC(=O)O)c1. The van der Waals surface area contributed by atoms with Crippen LogP contribution < -0.4 is 10.1 Å². The number of hydrogen-bond donors (Lipinski definition) is 2. The molecule has 0 aliphatic heterocycles. The van der Waals surface area contributed by atoms with Gasteiger partial charge in [0, 0.05) is 17.2 Å². The van der Waals surface area contributed by atoms with Gasteiger partial charge in [0.15, 0.2) is 6.61 Å². The zero-order valence-corrected chi connectivity index (χ0v) is 15.6. The number of ether oxygens (including phenoxy) is 1. The van der Waals surface area contributed by atoms with E-state index in [1.165, 1.54) is 0 Å². The number of aliphatic carboxylic acids is 1. The minimum atomic E-state index is -0.789.